The van der Waals surface area contributed by atoms with Crippen molar-refractivity contribution in [1.82, 2.24) is 19.8 Å². The molecule has 0 amide bonds. The number of sulfonamides is 1. The highest BCUT2D eigenvalue weighted by atomic mass is 32.2. The molecule has 2 fully saturated rings. The van der Waals surface area contributed by atoms with Crippen molar-refractivity contribution >= 4 is 16.0 Å². The average Bonchev–Trinajstić information content (AvgIpc) is 3.11. The van der Waals surface area contributed by atoms with Crippen molar-refractivity contribution in [2.45, 2.75) is 45.0 Å². The molecule has 0 aromatic heterocycles. The van der Waals surface area contributed by atoms with Crippen LogP contribution in [0.25, 0.3) is 0 Å². The van der Waals surface area contributed by atoms with E-state index in [-0.39, 0.29) is 19.0 Å². The van der Waals surface area contributed by atoms with Gasteiger partial charge >= 0.3 is 15.5 Å². The van der Waals surface area contributed by atoms with Crippen molar-refractivity contribution in [1.29, 1.82) is 0 Å². The zero-order chi connectivity index (χ0) is 21.5. The number of nitrogens with one attached hydrogen (secondary N) is 2. The number of rotatable bonds is 8. The summed E-state index contributed by atoms with van der Waals surface area (Å²) in [6.07, 6.45) is 3.10. The summed E-state index contributed by atoms with van der Waals surface area (Å²) in [5.74, 6) is 1.38. The van der Waals surface area contributed by atoms with Crippen LogP contribution in [-0.2, 0) is 10.0 Å². The molecule has 1 atom stereocenters. The molecule has 0 aromatic rings. The Labute approximate surface area is 172 Å². The van der Waals surface area contributed by atoms with Gasteiger partial charge < -0.3 is 15.5 Å². The Kier molecular flexibility index (Phi) is 9.02. The average molecular weight is 442 g/mol. The fraction of sp³-hybridized carbons (Fsp3) is 0.944. The SMILES string of the molecule is CCCN1CCC(CN=C(NCC)NCC2CCN(S(=O)(=O)C(F)(F)F)CC2)C1. The highest BCUT2D eigenvalue weighted by Gasteiger charge is 2.50. The van der Waals surface area contributed by atoms with Crippen LogP contribution in [0.1, 0.15) is 39.5 Å². The molecular formula is C18H34F3N5O2S. The zero-order valence-electron chi connectivity index (χ0n) is 17.3. The molecule has 170 valence electrons. The molecular weight excluding hydrogens is 407 g/mol. The van der Waals surface area contributed by atoms with E-state index in [9.17, 15) is 21.6 Å². The molecule has 1 unspecified atom stereocenters. The minimum absolute atomic E-state index is 0.1000. The Morgan fingerprint density at radius 1 is 1.07 bits per heavy atom. The lowest BCUT2D eigenvalue weighted by molar-refractivity contribution is -0.0496. The fourth-order valence-corrected chi connectivity index (χ4v) is 4.87. The van der Waals surface area contributed by atoms with Crippen molar-refractivity contribution in [2.24, 2.45) is 16.8 Å². The normalized spacial score (nSPS) is 23.5. The number of alkyl halides is 3. The van der Waals surface area contributed by atoms with Gasteiger partial charge in [0, 0.05) is 39.3 Å². The van der Waals surface area contributed by atoms with Gasteiger partial charge in [0.25, 0.3) is 0 Å². The number of nitrogens with zero attached hydrogens (tertiary/aromatic N) is 3. The number of likely N-dealkylation sites (tertiary alicyclic amines) is 1. The molecule has 7 nitrogen and oxygen atoms in total. The summed E-state index contributed by atoms with van der Waals surface area (Å²) in [6, 6.07) is 0. The lowest BCUT2D eigenvalue weighted by Crippen LogP contribution is -2.47. The lowest BCUT2D eigenvalue weighted by Gasteiger charge is -2.31. The van der Waals surface area contributed by atoms with E-state index in [0.29, 0.717) is 35.6 Å². The Bertz CT molecular complexity index is 634. The summed E-state index contributed by atoms with van der Waals surface area (Å²) in [6.45, 7) is 9.32. The molecule has 0 spiro atoms. The van der Waals surface area contributed by atoms with Crippen molar-refractivity contribution in [3.63, 3.8) is 0 Å². The van der Waals surface area contributed by atoms with Crippen LogP contribution in [0, 0.1) is 11.8 Å². The summed E-state index contributed by atoms with van der Waals surface area (Å²) in [4.78, 5) is 7.14. The number of aliphatic imine (C=N–C) groups is 1. The quantitative estimate of drug-likeness (QED) is 0.444. The first-order chi connectivity index (χ1) is 13.7. The van der Waals surface area contributed by atoms with Crippen molar-refractivity contribution < 1.29 is 21.6 Å². The predicted molar refractivity (Wildman–Crippen MR) is 108 cm³/mol. The molecule has 0 bridgehead atoms. The van der Waals surface area contributed by atoms with Gasteiger partial charge in [0.1, 0.15) is 0 Å². The van der Waals surface area contributed by atoms with Gasteiger partial charge in [-0.2, -0.15) is 17.5 Å². The van der Waals surface area contributed by atoms with Gasteiger partial charge in [-0.05, 0) is 57.5 Å². The molecule has 2 rings (SSSR count). The molecule has 2 heterocycles. The zero-order valence-corrected chi connectivity index (χ0v) is 18.2. The van der Waals surface area contributed by atoms with Crippen molar-refractivity contribution in [2.75, 3.05) is 52.4 Å². The van der Waals surface area contributed by atoms with Crippen LogP contribution < -0.4 is 10.6 Å². The monoisotopic (exact) mass is 441 g/mol. The maximum absolute atomic E-state index is 12.7. The topological polar surface area (TPSA) is 77.0 Å². The standard InChI is InChI=1S/C18H34F3N5O2S/c1-3-8-25-9-5-16(14-25)13-24-17(22-4-2)23-12-15-6-10-26(11-7-15)29(27,28)18(19,20)21/h15-16H,3-14H2,1-2H3,(H2,22,23,24). The third-order valence-electron chi connectivity index (χ3n) is 5.53. The lowest BCUT2D eigenvalue weighted by atomic mass is 9.98. The Balaban J connectivity index is 1.78. The second-order valence-corrected chi connectivity index (χ2v) is 9.78. The molecule has 29 heavy (non-hydrogen) atoms. The molecule has 2 saturated heterocycles. The third kappa shape index (κ3) is 6.99. The maximum atomic E-state index is 12.7. The first-order valence-electron chi connectivity index (χ1n) is 10.5. The molecule has 0 aliphatic carbocycles. The Morgan fingerprint density at radius 3 is 2.31 bits per heavy atom. The third-order valence-corrected chi connectivity index (χ3v) is 7.16. The molecule has 2 aliphatic rings. The van der Waals surface area contributed by atoms with Gasteiger partial charge in [-0.1, -0.05) is 6.92 Å². The first-order valence-corrected chi connectivity index (χ1v) is 11.9. The van der Waals surface area contributed by atoms with E-state index in [2.05, 4.69) is 27.4 Å². The van der Waals surface area contributed by atoms with Crippen LogP contribution in [0.4, 0.5) is 13.2 Å². The van der Waals surface area contributed by atoms with Crippen molar-refractivity contribution in [3.8, 4) is 0 Å². The number of halogens is 3. The van der Waals surface area contributed by atoms with Crippen LogP contribution in [-0.4, -0.2) is 81.4 Å². The van der Waals surface area contributed by atoms with E-state index in [1.807, 2.05) is 6.92 Å². The van der Waals surface area contributed by atoms with Gasteiger partial charge in [0.05, 0.1) is 0 Å². The van der Waals surface area contributed by atoms with Crippen LogP contribution in [0.15, 0.2) is 4.99 Å². The smallest absolute Gasteiger partial charge is 0.357 e. The molecule has 0 radical (unpaired) electrons. The number of guanidine groups is 1. The van der Waals surface area contributed by atoms with Gasteiger partial charge in [0.2, 0.25) is 0 Å². The van der Waals surface area contributed by atoms with Crippen LogP contribution >= 0.6 is 0 Å². The summed E-state index contributed by atoms with van der Waals surface area (Å²) < 4.78 is 61.5. The van der Waals surface area contributed by atoms with Gasteiger partial charge in [-0.25, -0.2) is 8.42 Å². The maximum Gasteiger partial charge on any atom is 0.511 e. The summed E-state index contributed by atoms with van der Waals surface area (Å²) in [5, 5.41) is 6.48. The van der Waals surface area contributed by atoms with Gasteiger partial charge in [0.15, 0.2) is 5.96 Å². The first kappa shape index (κ1) is 24.2. The predicted octanol–water partition coefficient (Wildman–Crippen LogP) is 1.84. The molecule has 2 aliphatic heterocycles. The Hall–Kier alpha value is -1.07. The minimum atomic E-state index is -5.23. The van der Waals surface area contributed by atoms with Gasteiger partial charge in [-0.3, -0.25) is 4.99 Å². The summed E-state index contributed by atoms with van der Waals surface area (Å²) in [5.41, 5.74) is -5.23. The molecule has 0 saturated carbocycles. The molecule has 11 heteroatoms. The van der Waals surface area contributed by atoms with E-state index < -0.39 is 15.5 Å². The van der Waals surface area contributed by atoms with Crippen molar-refractivity contribution in [3.05, 3.63) is 0 Å². The van der Waals surface area contributed by atoms with Gasteiger partial charge in [-0.15, -0.1) is 0 Å². The summed E-state index contributed by atoms with van der Waals surface area (Å²) >= 11 is 0. The Morgan fingerprint density at radius 2 is 1.72 bits per heavy atom. The summed E-state index contributed by atoms with van der Waals surface area (Å²) in [7, 11) is -5.22. The van der Waals surface area contributed by atoms with E-state index in [0.717, 1.165) is 45.6 Å². The van der Waals surface area contributed by atoms with E-state index in [1.165, 1.54) is 0 Å². The number of hydrogen-bond donors (Lipinski definition) is 2. The second kappa shape index (κ2) is 10.8. The number of hydrogen-bond acceptors (Lipinski definition) is 4. The highest BCUT2D eigenvalue weighted by molar-refractivity contribution is 7.90. The van der Waals surface area contributed by atoms with Crippen LogP contribution in [0.2, 0.25) is 0 Å². The van der Waals surface area contributed by atoms with E-state index >= 15 is 0 Å². The second-order valence-electron chi connectivity index (χ2n) is 7.85. The van der Waals surface area contributed by atoms with E-state index in [1.54, 1.807) is 0 Å². The largest absolute Gasteiger partial charge is 0.511 e. The molecule has 2 N–H and O–H groups in total. The number of piperidine rings is 1. The van der Waals surface area contributed by atoms with Crippen LogP contribution in [0.5, 0.6) is 0 Å². The highest BCUT2D eigenvalue weighted by Crippen LogP contribution is 2.30. The van der Waals surface area contributed by atoms with E-state index in [4.69, 9.17) is 0 Å². The fourth-order valence-electron chi connectivity index (χ4n) is 3.88. The van der Waals surface area contributed by atoms with Crippen LogP contribution in [0.3, 0.4) is 0 Å². The minimum Gasteiger partial charge on any atom is -0.357 e. The molecule has 0 aromatic carbocycles.